The highest BCUT2D eigenvalue weighted by Gasteiger charge is 2.16. The maximum absolute atomic E-state index is 10.9. The SMILES string of the molecule is COc1ccc([C@H](N)CO)c(C(=O)O)c1. The predicted octanol–water partition coefficient (Wildman–Crippen LogP) is 0.385. The second kappa shape index (κ2) is 4.77. The molecule has 5 heteroatoms. The van der Waals surface area contributed by atoms with Crippen molar-refractivity contribution in [3.05, 3.63) is 29.3 Å². The van der Waals surface area contributed by atoms with Crippen LogP contribution < -0.4 is 10.5 Å². The van der Waals surface area contributed by atoms with E-state index in [0.29, 0.717) is 11.3 Å². The molecule has 0 aliphatic carbocycles. The van der Waals surface area contributed by atoms with Gasteiger partial charge < -0.3 is 20.7 Å². The Bertz CT molecular complexity index is 364. The molecular formula is C10H13NO4. The molecule has 0 heterocycles. The van der Waals surface area contributed by atoms with E-state index in [1.807, 2.05) is 0 Å². The van der Waals surface area contributed by atoms with Gasteiger partial charge in [0.25, 0.3) is 0 Å². The highest BCUT2D eigenvalue weighted by Crippen LogP contribution is 2.21. The van der Waals surface area contributed by atoms with Crippen molar-refractivity contribution in [3.8, 4) is 5.75 Å². The van der Waals surface area contributed by atoms with Crippen LogP contribution in [0, 0.1) is 0 Å². The van der Waals surface area contributed by atoms with Crippen molar-refractivity contribution in [1.29, 1.82) is 0 Å². The average Bonchev–Trinajstić information content (AvgIpc) is 2.27. The second-order valence-corrected chi connectivity index (χ2v) is 3.05. The van der Waals surface area contributed by atoms with Crippen LogP contribution >= 0.6 is 0 Å². The van der Waals surface area contributed by atoms with Crippen LogP contribution in [0.1, 0.15) is 22.0 Å². The molecule has 0 saturated heterocycles. The average molecular weight is 211 g/mol. The van der Waals surface area contributed by atoms with E-state index in [0.717, 1.165) is 0 Å². The fraction of sp³-hybridized carbons (Fsp3) is 0.300. The zero-order valence-electron chi connectivity index (χ0n) is 8.30. The Morgan fingerprint density at radius 2 is 2.27 bits per heavy atom. The van der Waals surface area contributed by atoms with Crippen LogP contribution in [0.25, 0.3) is 0 Å². The van der Waals surface area contributed by atoms with Gasteiger partial charge in [0.05, 0.1) is 25.3 Å². The smallest absolute Gasteiger partial charge is 0.336 e. The molecule has 1 aromatic rings. The maximum Gasteiger partial charge on any atom is 0.336 e. The normalized spacial score (nSPS) is 12.2. The van der Waals surface area contributed by atoms with Crippen LogP contribution in [0.5, 0.6) is 5.75 Å². The molecule has 1 rings (SSSR count). The molecule has 1 aromatic carbocycles. The molecule has 0 saturated carbocycles. The van der Waals surface area contributed by atoms with Crippen molar-refractivity contribution in [3.63, 3.8) is 0 Å². The van der Waals surface area contributed by atoms with Crippen molar-refractivity contribution in [2.24, 2.45) is 5.73 Å². The van der Waals surface area contributed by atoms with Crippen LogP contribution in [0.15, 0.2) is 18.2 Å². The summed E-state index contributed by atoms with van der Waals surface area (Å²) in [5.74, 6) is -0.644. The molecule has 0 unspecified atom stereocenters. The minimum Gasteiger partial charge on any atom is -0.497 e. The fourth-order valence-corrected chi connectivity index (χ4v) is 1.27. The van der Waals surface area contributed by atoms with Crippen LogP contribution in [0.2, 0.25) is 0 Å². The van der Waals surface area contributed by atoms with Gasteiger partial charge in [-0.3, -0.25) is 0 Å². The third-order valence-corrected chi connectivity index (χ3v) is 2.09. The zero-order chi connectivity index (χ0) is 11.4. The molecule has 0 bridgehead atoms. The van der Waals surface area contributed by atoms with Crippen molar-refractivity contribution >= 4 is 5.97 Å². The van der Waals surface area contributed by atoms with Gasteiger partial charge in [0.15, 0.2) is 0 Å². The summed E-state index contributed by atoms with van der Waals surface area (Å²) in [5.41, 5.74) is 6.02. The van der Waals surface area contributed by atoms with Gasteiger partial charge in [-0.25, -0.2) is 4.79 Å². The van der Waals surface area contributed by atoms with Gasteiger partial charge in [-0.15, -0.1) is 0 Å². The van der Waals surface area contributed by atoms with Crippen molar-refractivity contribution in [1.82, 2.24) is 0 Å². The Morgan fingerprint density at radius 3 is 2.73 bits per heavy atom. The van der Waals surface area contributed by atoms with E-state index >= 15 is 0 Å². The minimum absolute atomic E-state index is 0.0518. The quantitative estimate of drug-likeness (QED) is 0.669. The zero-order valence-corrected chi connectivity index (χ0v) is 8.30. The molecule has 82 valence electrons. The number of aromatic carboxylic acids is 1. The van der Waals surface area contributed by atoms with Crippen molar-refractivity contribution in [2.45, 2.75) is 6.04 Å². The molecule has 4 N–H and O–H groups in total. The van der Waals surface area contributed by atoms with Crippen LogP contribution in [-0.2, 0) is 0 Å². The summed E-state index contributed by atoms with van der Waals surface area (Å²) in [5, 5.41) is 17.8. The molecule has 0 radical (unpaired) electrons. The Morgan fingerprint density at radius 1 is 1.60 bits per heavy atom. The lowest BCUT2D eigenvalue weighted by molar-refractivity contribution is 0.0694. The topological polar surface area (TPSA) is 92.8 Å². The second-order valence-electron chi connectivity index (χ2n) is 3.05. The Kier molecular flexibility index (Phi) is 3.65. The summed E-state index contributed by atoms with van der Waals surface area (Å²) in [6.07, 6.45) is 0. The molecular weight excluding hydrogens is 198 g/mol. The number of hydrogen-bond acceptors (Lipinski definition) is 4. The largest absolute Gasteiger partial charge is 0.497 e. The fourth-order valence-electron chi connectivity index (χ4n) is 1.27. The van der Waals surface area contributed by atoms with E-state index in [9.17, 15) is 4.79 Å². The first-order valence-corrected chi connectivity index (χ1v) is 4.37. The molecule has 5 nitrogen and oxygen atoms in total. The van der Waals surface area contributed by atoms with E-state index < -0.39 is 12.0 Å². The predicted molar refractivity (Wildman–Crippen MR) is 54.0 cm³/mol. The van der Waals surface area contributed by atoms with E-state index in [4.69, 9.17) is 20.7 Å². The van der Waals surface area contributed by atoms with Crippen LogP contribution in [-0.4, -0.2) is 29.9 Å². The lowest BCUT2D eigenvalue weighted by Gasteiger charge is -2.12. The van der Waals surface area contributed by atoms with Gasteiger partial charge in [0.2, 0.25) is 0 Å². The van der Waals surface area contributed by atoms with Crippen molar-refractivity contribution in [2.75, 3.05) is 13.7 Å². The van der Waals surface area contributed by atoms with Gasteiger partial charge in [0.1, 0.15) is 5.75 Å². The molecule has 1 atom stereocenters. The standard InChI is InChI=1S/C10H13NO4/c1-15-6-2-3-7(9(11)5-12)8(4-6)10(13)14/h2-4,9,12H,5,11H2,1H3,(H,13,14)/t9-/m1/s1. The number of benzene rings is 1. The summed E-state index contributed by atoms with van der Waals surface area (Å²) < 4.78 is 4.91. The Labute approximate surface area is 87.1 Å². The molecule has 0 fully saturated rings. The number of carbonyl (C=O) groups is 1. The summed E-state index contributed by atoms with van der Waals surface area (Å²) >= 11 is 0. The number of aliphatic hydroxyl groups excluding tert-OH is 1. The summed E-state index contributed by atoms with van der Waals surface area (Å²) in [6, 6.07) is 3.84. The van der Waals surface area contributed by atoms with Gasteiger partial charge in [-0.05, 0) is 17.7 Å². The number of nitrogens with two attached hydrogens (primary N) is 1. The number of rotatable bonds is 4. The summed E-state index contributed by atoms with van der Waals surface area (Å²) in [6.45, 7) is -0.299. The highest BCUT2D eigenvalue weighted by atomic mass is 16.5. The minimum atomic E-state index is -1.09. The first-order valence-electron chi connectivity index (χ1n) is 4.37. The highest BCUT2D eigenvalue weighted by molar-refractivity contribution is 5.90. The Balaban J connectivity index is 3.21. The van der Waals surface area contributed by atoms with Crippen LogP contribution in [0.4, 0.5) is 0 Å². The lowest BCUT2D eigenvalue weighted by Crippen LogP contribution is -2.18. The van der Waals surface area contributed by atoms with E-state index in [1.165, 1.54) is 13.2 Å². The molecule has 0 aromatic heterocycles. The van der Waals surface area contributed by atoms with E-state index in [2.05, 4.69) is 0 Å². The number of hydrogen-bond donors (Lipinski definition) is 3. The Hall–Kier alpha value is -1.59. The molecule has 0 aliphatic rings. The van der Waals surface area contributed by atoms with Gasteiger partial charge in [-0.1, -0.05) is 6.07 Å². The first-order chi connectivity index (χ1) is 7.10. The van der Waals surface area contributed by atoms with Crippen molar-refractivity contribution < 1.29 is 19.7 Å². The third kappa shape index (κ3) is 2.45. The third-order valence-electron chi connectivity index (χ3n) is 2.09. The molecule has 0 aliphatic heterocycles. The van der Waals surface area contributed by atoms with Crippen LogP contribution in [0.3, 0.4) is 0 Å². The number of carboxylic acids is 1. The molecule has 0 amide bonds. The number of methoxy groups -OCH3 is 1. The van der Waals surface area contributed by atoms with Gasteiger partial charge in [0, 0.05) is 0 Å². The number of aliphatic hydroxyl groups is 1. The molecule has 15 heavy (non-hydrogen) atoms. The lowest BCUT2D eigenvalue weighted by atomic mass is 10.0. The maximum atomic E-state index is 10.9. The van der Waals surface area contributed by atoms with Gasteiger partial charge >= 0.3 is 5.97 Å². The number of ether oxygens (including phenoxy) is 1. The summed E-state index contributed by atoms with van der Waals surface area (Å²) in [7, 11) is 1.45. The monoisotopic (exact) mass is 211 g/mol. The molecule has 0 spiro atoms. The van der Waals surface area contributed by atoms with Gasteiger partial charge in [-0.2, -0.15) is 0 Å². The van der Waals surface area contributed by atoms with E-state index in [-0.39, 0.29) is 12.2 Å². The first kappa shape index (κ1) is 11.5. The van der Waals surface area contributed by atoms with E-state index in [1.54, 1.807) is 12.1 Å². The summed E-state index contributed by atoms with van der Waals surface area (Å²) in [4.78, 5) is 10.9. The number of carboxylic acid groups (broad SMARTS) is 1.